The summed E-state index contributed by atoms with van der Waals surface area (Å²) in [6, 6.07) is 26.6. The largest absolute Gasteiger partial charge is 0.494 e. The SMILES string of the molecule is O=C(NC1CCCCC1)C(Cc1ccccc1)N(Cc1ccc(Cl)cc1)C(=O)CCCOc1ccccc1. The van der Waals surface area contributed by atoms with Crippen LogP contribution in [0.15, 0.2) is 84.9 Å². The number of carbonyl (C=O) groups is 2. The van der Waals surface area contributed by atoms with Gasteiger partial charge in [0, 0.05) is 30.5 Å². The summed E-state index contributed by atoms with van der Waals surface area (Å²) in [4.78, 5) is 29.2. The first-order valence-electron chi connectivity index (χ1n) is 13.6. The van der Waals surface area contributed by atoms with Crippen LogP contribution in [0, 0.1) is 0 Å². The van der Waals surface area contributed by atoms with E-state index in [0.29, 0.717) is 37.4 Å². The molecule has 0 spiro atoms. The van der Waals surface area contributed by atoms with Gasteiger partial charge in [0.05, 0.1) is 6.61 Å². The molecule has 2 amide bonds. The minimum Gasteiger partial charge on any atom is -0.494 e. The Labute approximate surface area is 231 Å². The zero-order chi connectivity index (χ0) is 26.6. The molecule has 1 N–H and O–H groups in total. The van der Waals surface area contributed by atoms with Crippen LogP contribution in [-0.4, -0.2) is 35.4 Å². The number of ether oxygens (including phenoxy) is 1. The van der Waals surface area contributed by atoms with Crippen molar-refractivity contribution in [2.24, 2.45) is 0 Å². The molecule has 4 rings (SSSR count). The second-order valence-corrected chi connectivity index (χ2v) is 10.4. The fourth-order valence-corrected chi connectivity index (χ4v) is 5.08. The van der Waals surface area contributed by atoms with Crippen LogP contribution in [0.2, 0.25) is 5.02 Å². The summed E-state index contributed by atoms with van der Waals surface area (Å²) < 4.78 is 5.81. The Bertz CT molecular complexity index is 1130. The van der Waals surface area contributed by atoms with Crippen molar-refractivity contribution in [3.05, 3.63) is 101 Å². The van der Waals surface area contributed by atoms with Gasteiger partial charge in [-0.05, 0) is 54.7 Å². The molecule has 1 aliphatic rings. The molecule has 0 radical (unpaired) electrons. The fraction of sp³-hybridized carbons (Fsp3) is 0.375. The van der Waals surface area contributed by atoms with Crippen LogP contribution >= 0.6 is 11.6 Å². The molecule has 0 bridgehead atoms. The van der Waals surface area contributed by atoms with Crippen LogP contribution in [0.3, 0.4) is 0 Å². The first-order valence-corrected chi connectivity index (χ1v) is 14.0. The first kappa shape index (κ1) is 27.7. The maximum absolute atomic E-state index is 13.8. The third-order valence-electron chi connectivity index (χ3n) is 7.04. The van der Waals surface area contributed by atoms with Crippen molar-refractivity contribution in [1.29, 1.82) is 0 Å². The summed E-state index contributed by atoms with van der Waals surface area (Å²) in [5, 5.41) is 3.92. The number of carbonyl (C=O) groups excluding carboxylic acids is 2. The molecule has 0 aromatic heterocycles. The van der Waals surface area contributed by atoms with E-state index in [2.05, 4.69) is 5.32 Å². The molecule has 38 heavy (non-hydrogen) atoms. The average Bonchev–Trinajstić information content (AvgIpc) is 2.95. The van der Waals surface area contributed by atoms with Crippen molar-refractivity contribution in [3.8, 4) is 5.75 Å². The van der Waals surface area contributed by atoms with Crippen LogP contribution < -0.4 is 10.1 Å². The molecule has 1 aliphatic carbocycles. The molecule has 0 saturated heterocycles. The van der Waals surface area contributed by atoms with Crippen LogP contribution in [0.1, 0.15) is 56.1 Å². The van der Waals surface area contributed by atoms with E-state index >= 15 is 0 Å². The van der Waals surface area contributed by atoms with Gasteiger partial charge in [0.1, 0.15) is 11.8 Å². The highest BCUT2D eigenvalue weighted by molar-refractivity contribution is 6.30. The third kappa shape index (κ3) is 8.63. The Morgan fingerprint density at radius 3 is 2.21 bits per heavy atom. The van der Waals surface area contributed by atoms with Gasteiger partial charge in [-0.25, -0.2) is 0 Å². The lowest BCUT2D eigenvalue weighted by molar-refractivity contribution is -0.141. The molecule has 6 heteroatoms. The lowest BCUT2D eigenvalue weighted by Crippen LogP contribution is -2.52. The van der Waals surface area contributed by atoms with Gasteiger partial charge in [-0.3, -0.25) is 9.59 Å². The van der Waals surface area contributed by atoms with Gasteiger partial charge in [-0.2, -0.15) is 0 Å². The van der Waals surface area contributed by atoms with E-state index in [1.54, 1.807) is 4.90 Å². The van der Waals surface area contributed by atoms with Crippen molar-refractivity contribution in [3.63, 3.8) is 0 Å². The Balaban J connectivity index is 1.52. The highest BCUT2D eigenvalue weighted by atomic mass is 35.5. The van der Waals surface area contributed by atoms with E-state index in [1.807, 2.05) is 84.9 Å². The number of nitrogens with one attached hydrogen (secondary N) is 1. The van der Waals surface area contributed by atoms with Gasteiger partial charge >= 0.3 is 0 Å². The maximum atomic E-state index is 13.8. The summed E-state index contributed by atoms with van der Waals surface area (Å²) in [5.41, 5.74) is 1.96. The quantitative estimate of drug-likeness (QED) is 0.268. The van der Waals surface area contributed by atoms with Crippen LogP contribution in [0.25, 0.3) is 0 Å². The Morgan fingerprint density at radius 2 is 1.53 bits per heavy atom. The molecule has 5 nitrogen and oxygen atoms in total. The van der Waals surface area contributed by atoms with Crippen molar-refractivity contribution < 1.29 is 14.3 Å². The molecule has 1 fully saturated rings. The molecule has 0 heterocycles. The number of hydrogen-bond acceptors (Lipinski definition) is 3. The molecule has 1 saturated carbocycles. The highest BCUT2D eigenvalue weighted by Gasteiger charge is 2.31. The monoisotopic (exact) mass is 532 g/mol. The van der Waals surface area contributed by atoms with Crippen molar-refractivity contribution in [2.45, 2.75) is 70.0 Å². The Hall–Kier alpha value is -3.31. The molecular formula is C32H37ClN2O3. The lowest BCUT2D eigenvalue weighted by Gasteiger charge is -2.33. The van der Waals surface area contributed by atoms with E-state index in [1.165, 1.54) is 6.42 Å². The van der Waals surface area contributed by atoms with Gasteiger partial charge in [0.2, 0.25) is 11.8 Å². The molecular weight excluding hydrogens is 496 g/mol. The van der Waals surface area contributed by atoms with Crippen molar-refractivity contribution in [1.82, 2.24) is 10.2 Å². The smallest absolute Gasteiger partial charge is 0.243 e. The molecule has 3 aromatic carbocycles. The molecule has 3 aromatic rings. The molecule has 0 aliphatic heterocycles. The van der Waals surface area contributed by atoms with E-state index in [-0.39, 0.29) is 17.9 Å². The van der Waals surface area contributed by atoms with Gasteiger partial charge in [-0.1, -0.05) is 91.5 Å². The second kappa shape index (κ2) is 14.6. The standard InChI is InChI=1S/C32H37ClN2O3/c33-27-20-18-26(19-21-27)24-35(31(36)17-10-22-38-29-15-8-3-9-16-29)30(23-25-11-4-1-5-12-25)32(37)34-28-13-6-2-7-14-28/h1,3-5,8-9,11-12,15-16,18-21,28,30H,2,6-7,10,13-14,17,22-24H2,(H,34,37). The number of rotatable bonds is 12. The van der Waals surface area contributed by atoms with Crippen LogP contribution in [0.5, 0.6) is 5.75 Å². The Morgan fingerprint density at radius 1 is 0.868 bits per heavy atom. The third-order valence-corrected chi connectivity index (χ3v) is 7.29. The molecule has 1 unspecified atom stereocenters. The minimum atomic E-state index is -0.613. The van der Waals surface area contributed by atoms with E-state index < -0.39 is 6.04 Å². The number of halogens is 1. The molecule has 1 atom stereocenters. The number of para-hydroxylation sites is 1. The summed E-state index contributed by atoms with van der Waals surface area (Å²) in [5.74, 6) is 0.645. The van der Waals surface area contributed by atoms with Crippen LogP contribution in [-0.2, 0) is 22.6 Å². The fourth-order valence-electron chi connectivity index (χ4n) is 4.96. The van der Waals surface area contributed by atoms with Gasteiger partial charge < -0.3 is 15.0 Å². The van der Waals surface area contributed by atoms with E-state index in [4.69, 9.17) is 16.3 Å². The van der Waals surface area contributed by atoms with E-state index in [0.717, 1.165) is 42.6 Å². The highest BCUT2D eigenvalue weighted by Crippen LogP contribution is 2.21. The van der Waals surface area contributed by atoms with Gasteiger partial charge in [0.15, 0.2) is 0 Å². The predicted molar refractivity (Wildman–Crippen MR) is 152 cm³/mol. The first-order chi connectivity index (χ1) is 18.6. The average molecular weight is 533 g/mol. The zero-order valence-corrected chi connectivity index (χ0v) is 22.6. The van der Waals surface area contributed by atoms with Crippen molar-refractivity contribution >= 4 is 23.4 Å². The predicted octanol–water partition coefficient (Wildman–Crippen LogP) is 6.59. The second-order valence-electron chi connectivity index (χ2n) is 9.96. The Kier molecular flexibility index (Phi) is 10.6. The van der Waals surface area contributed by atoms with Gasteiger partial charge in [0.25, 0.3) is 0 Å². The maximum Gasteiger partial charge on any atom is 0.243 e. The number of nitrogens with zero attached hydrogens (tertiary/aromatic N) is 1. The van der Waals surface area contributed by atoms with E-state index in [9.17, 15) is 9.59 Å². The number of hydrogen-bond donors (Lipinski definition) is 1. The molecule has 200 valence electrons. The van der Waals surface area contributed by atoms with Crippen molar-refractivity contribution in [2.75, 3.05) is 6.61 Å². The zero-order valence-electron chi connectivity index (χ0n) is 21.9. The topological polar surface area (TPSA) is 58.6 Å². The number of benzene rings is 3. The van der Waals surface area contributed by atoms with Crippen LogP contribution in [0.4, 0.5) is 0 Å². The summed E-state index contributed by atoms with van der Waals surface area (Å²) >= 11 is 6.12. The normalized spacial score (nSPS) is 14.4. The minimum absolute atomic E-state index is 0.0589. The summed E-state index contributed by atoms with van der Waals surface area (Å²) in [6.45, 7) is 0.771. The number of amides is 2. The summed E-state index contributed by atoms with van der Waals surface area (Å²) in [6.07, 6.45) is 6.77. The van der Waals surface area contributed by atoms with Gasteiger partial charge in [-0.15, -0.1) is 0 Å². The lowest BCUT2D eigenvalue weighted by atomic mass is 9.94. The summed E-state index contributed by atoms with van der Waals surface area (Å²) in [7, 11) is 0.